The lowest BCUT2D eigenvalue weighted by atomic mass is 9.77. The molecule has 5 heterocycles. The molecule has 0 saturated carbocycles. The van der Waals surface area contributed by atoms with Gasteiger partial charge >= 0.3 is 7.12 Å². The van der Waals surface area contributed by atoms with Crippen molar-refractivity contribution in [1.82, 2.24) is 14.1 Å². The van der Waals surface area contributed by atoms with Gasteiger partial charge in [0.1, 0.15) is 5.58 Å². The van der Waals surface area contributed by atoms with E-state index in [4.69, 9.17) is 13.7 Å². The quantitative estimate of drug-likeness (QED) is 0.171. The second-order valence-corrected chi connectivity index (χ2v) is 15.5. The van der Waals surface area contributed by atoms with Gasteiger partial charge in [-0.1, -0.05) is 66.7 Å². The smallest absolute Gasteiger partial charge is 0.454 e. The number of fused-ring (bicyclic) bond motifs is 9. The van der Waals surface area contributed by atoms with Gasteiger partial charge in [-0.25, -0.2) is 0 Å². The number of aromatic nitrogens is 3. The van der Waals surface area contributed by atoms with Gasteiger partial charge in [0.05, 0.1) is 39.5 Å². The molecule has 11 rings (SSSR count). The molecule has 0 amide bonds. The maximum atomic E-state index is 6.50. The third kappa shape index (κ3) is 4.46. The third-order valence-electron chi connectivity index (χ3n) is 11.9. The summed E-state index contributed by atoms with van der Waals surface area (Å²) in [6.45, 7) is 8.29. The van der Waals surface area contributed by atoms with Gasteiger partial charge in [0.25, 0.3) is 0 Å². The largest absolute Gasteiger partial charge is 0.497 e. The van der Waals surface area contributed by atoms with Gasteiger partial charge in [-0.3, -0.25) is 4.98 Å². The number of furan rings is 1. The molecule has 260 valence electrons. The van der Waals surface area contributed by atoms with Crippen LogP contribution < -0.4 is 5.46 Å². The van der Waals surface area contributed by atoms with Crippen LogP contribution >= 0.6 is 0 Å². The molecule has 0 N–H and O–H groups in total. The van der Waals surface area contributed by atoms with E-state index in [0.717, 1.165) is 44.2 Å². The highest BCUT2D eigenvalue weighted by Gasteiger charge is 2.52. The third-order valence-corrected chi connectivity index (χ3v) is 11.9. The molecule has 0 atom stereocenters. The normalized spacial score (nSPS) is 15.5. The number of pyridine rings is 1. The molecule has 0 bridgehead atoms. The van der Waals surface area contributed by atoms with E-state index in [0.29, 0.717) is 5.58 Å². The van der Waals surface area contributed by atoms with Crippen molar-refractivity contribution >= 4 is 78.1 Å². The fourth-order valence-corrected chi connectivity index (χ4v) is 8.47. The molecule has 7 heteroatoms. The van der Waals surface area contributed by atoms with Crippen LogP contribution in [0.3, 0.4) is 0 Å². The summed E-state index contributed by atoms with van der Waals surface area (Å²) in [5.74, 6) is 0. The van der Waals surface area contributed by atoms with E-state index in [1.165, 1.54) is 43.7 Å². The van der Waals surface area contributed by atoms with E-state index in [-0.39, 0.29) is 0 Å². The summed E-state index contributed by atoms with van der Waals surface area (Å²) in [6.07, 6.45) is 3.63. The van der Waals surface area contributed by atoms with Crippen LogP contribution in [0.25, 0.3) is 88.1 Å². The fraction of sp³-hybridized carbons (Fsp3) is 0.128. The molecule has 1 aliphatic rings. The zero-order valence-corrected chi connectivity index (χ0v) is 30.5. The van der Waals surface area contributed by atoms with E-state index in [9.17, 15) is 0 Å². The minimum atomic E-state index is -0.559. The van der Waals surface area contributed by atoms with Gasteiger partial charge in [-0.2, -0.15) is 0 Å². The van der Waals surface area contributed by atoms with Crippen molar-refractivity contribution in [2.24, 2.45) is 0 Å². The molecular weight excluding hydrogens is 665 g/mol. The fourth-order valence-electron chi connectivity index (χ4n) is 8.47. The van der Waals surface area contributed by atoms with E-state index < -0.39 is 18.3 Å². The van der Waals surface area contributed by atoms with Gasteiger partial charge in [0, 0.05) is 55.4 Å². The highest BCUT2D eigenvalue weighted by molar-refractivity contribution is 6.65. The van der Waals surface area contributed by atoms with Crippen molar-refractivity contribution in [2.75, 3.05) is 0 Å². The molecule has 4 aromatic heterocycles. The summed E-state index contributed by atoms with van der Waals surface area (Å²) in [5, 5.41) is 6.86. The molecule has 0 radical (unpaired) electrons. The predicted molar refractivity (Wildman–Crippen MR) is 221 cm³/mol. The van der Waals surface area contributed by atoms with Crippen molar-refractivity contribution in [3.63, 3.8) is 0 Å². The molecule has 54 heavy (non-hydrogen) atoms. The van der Waals surface area contributed by atoms with E-state index >= 15 is 0 Å². The Labute approximate surface area is 312 Å². The van der Waals surface area contributed by atoms with Crippen molar-refractivity contribution in [2.45, 2.75) is 38.9 Å². The Morgan fingerprint density at radius 2 is 1.04 bits per heavy atom. The monoisotopic (exact) mass is 701 g/mol. The first-order chi connectivity index (χ1) is 26.3. The minimum Gasteiger partial charge on any atom is -0.454 e. The Balaban J connectivity index is 1.07. The number of hydrogen-bond acceptors (Lipinski definition) is 4. The summed E-state index contributed by atoms with van der Waals surface area (Å²) in [7, 11) is -0.559. The zero-order valence-electron chi connectivity index (χ0n) is 30.5. The first-order valence-corrected chi connectivity index (χ1v) is 18.5. The second-order valence-electron chi connectivity index (χ2n) is 15.5. The molecule has 1 fully saturated rings. The van der Waals surface area contributed by atoms with Crippen LogP contribution in [0.1, 0.15) is 27.7 Å². The summed E-state index contributed by atoms with van der Waals surface area (Å²) in [6, 6.07) is 48.1. The summed E-state index contributed by atoms with van der Waals surface area (Å²) >= 11 is 0. The van der Waals surface area contributed by atoms with Crippen LogP contribution in [0, 0.1) is 0 Å². The lowest BCUT2D eigenvalue weighted by molar-refractivity contribution is 0.00578. The van der Waals surface area contributed by atoms with Gasteiger partial charge in [-0.15, -0.1) is 0 Å². The molecule has 0 aliphatic carbocycles. The Morgan fingerprint density at radius 3 is 1.67 bits per heavy atom. The molecule has 1 aliphatic heterocycles. The molecule has 6 nitrogen and oxygen atoms in total. The van der Waals surface area contributed by atoms with Crippen molar-refractivity contribution < 1.29 is 13.7 Å². The zero-order chi connectivity index (χ0) is 36.3. The topological polar surface area (TPSA) is 54.4 Å². The Kier molecular flexibility index (Phi) is 6.50. The second kappa shape index (κ2) is 11.2. The van der Waals surface area contributed by atoms with Gasteiger partial charge in [-0.05, 0) is 106 Å². The summed E-state index contributed by atoms with van der Waals surface area (Å²) in [4.78, 5) is 4.52. The standard InChI is InChI=1S/C47H36BN3O3/c1-46(2)47(3,4)54-48(53-46)38-27-49-28-44-45(38)37-26-32(20-23-43(37)52-44)51-40-17-11-9-15-34(40)36-25-30(19-22-42(36)51)29-18-21-41-35(24-29)33-14-8-10-16-39(33)50(41)31-12-6-5-7-13-31/h5-28H,1-4H3. The molecule has 1 saturated heterocycles. The van der Waals surface area contributed by atoms with Gasteiger partial charge in [0.15, 0.2) is 5.58 Å². The SMILES string of the molecule is CC1(C)OB(c2cncc3oc4ccc(-n5c6ccccc6c6cc(-c7ccc8c(c7)c7ccccc7n8-c7ccccc7)ccc65)cc4c23)OC1(C)C. The predicted octanol–water partition coefficient (Wildman–Crippen LogP) is 11.1. The maximum absolute atomic E-state index is 6.50. The minimum absolute atomic E-state index is 0.473. The summed E-state index contributed by atoms with van der Waals surface area (Å²) < 4.78 is 24.1. The molecule has 10 aromatic rings. The Morgan fingerprint density at radius 1 is 0.481 bits per heavy atom. The van der Waals surface area contributed by atoms with Crippen molar-refractivity contribution in [3.05, 3.63) is 146 Å². The van der Waals surface area contributed by atoms with Crippen LogP contribution in [0.2, 0.25) is 0 Å². The lowest BCUT2D eigenvalue weighted by Crippen LogP contribution is -2.41. The van der Waals surface area contributed by atoms with Crippen molar-refractivity contribution in [3.8, 4) is 22.5 Å². The van der Waals surface area contributed by atoms with Crippen LogP contribution in [-0.4, -0.2) is 32.4 Å². The first kappa shape index (κ1) is 31.4. The number of nitrogens with zero attached hydrogens (tertiary/aromatic N) is 3. The highest BCUT2D eigenvalue weighted by atomic mass is 16.7. The van der Waals surface area contributed by atoms with Gasteiger partial charge < -0.3 is 22.9 Å². The molecule has 0 spiro atoms. The van der Waals surface area contributed by atoms with Crippen molar-refractivity contribution in [1.29, 1.82) is 0 Å². The van der Waals surface area contributed by atoms with Gasteiger partial charge in [0.2, 0.25) is 0 Å². The van der Waals surface area contributed by atoms with E-state index in [2.05, 4.69) is 175 Å². The van der Waals surface area contributed by atoms with Crippen LogP contribution in [0.4, 0.5) is 0 Å². The number of rotatable bonds is 4. The maximum Gasteiger partial charge on any atom is 0.497 e. The number of para-hydroxylation sites is 3. The molecule has 0 unspecified atom stereocenters. The highest BCUT2D eigenvalue weighted by Crippen LogP contribution is 2.41. The Hall–Kier alpha value is -6.15. The average Bonchev–Trinajstić information content (AvgIpc) is 3.89. The van der Waals surface area contributed by atoms with E-state index in [1.54, 1.807) is 6.20 Å². The number of hydrogen-bond donors (Lipinski definition) is 0. The van der Waals surface area contributed by atoms with Crippen LogP contribution in [0.5, 0.6) is 0 Å². The lowest BCUT2D eigenvalue weighted by Gasteiger charge is -2.32. The summed E-state index contributed by atoms with van der Waals surface area (Å²) in [5.41, 5.74) is 10.7. The first-order valence-electron chi connectivity index (χ1n) is 18.5. The van der Waals surface area contributed by atoms with Crippen LogP contribution in [0.15, 0.2) is 150 Å². The van der Waals surface area contributed by atoms with E-state index in [1.807, 2.05) is 6.20 Å². The van der Waals surface area contributed by atoms with Crippen LogP contribution in [-0.2, 0) is 9.31 Å². The Bertz CT molecular complexity index is 3120. The molecule has 6 aromatic carbocycles. The number of benzene rings is 6. The average molecular weight is 702 g/mol. The molecular formula is C47H36BN3O3.